The summed E-state index contributed by atoms with van der Waals surface area (Å²) >= 11 is 0. The maximum Gasteiger partial charge on any atom is 0.194 e. The molecule has 1 atom stereocenters. The van der Waals surface area contributed by atoms with Crippen LogP contribution in [0.15, 0.2) is 72.9 Å². The Bertz CT molecular complexity index is 1410. The second kappa shape index (κ2) is 5.29. The summed E-state index contributed by atoms with van der Waals surface area (Å²) in [6.07, 6.45) is 3.31. The van der Waals surface area contributed by atoms with Crippen LogP contribution >= 0.6 is 0 Å². The number of aromatic nitrogens is 1. The fourth-order valence-corrected chi connectivity index (χ4v) is 6.63. The second-order valence-electron chi connectivity index (χ2n) is 9.60. The molecular weight excluding hydrogens is 362 g/mol. The van der Waals surface area contributed by atoms with Gasteiger partial charge in [0.05, 0.1) is 5.92 Å². The lowest BCUT2D eigenvalue weighted by molar-refractivity contribution is -0.756. The average Bonchev–Trinajstić information content (AvgIpc) is 3.28. The Morgan fingerprint density at radius 3 is 2.53 bits per heavy atom. The van der Waals surface area contributed by atoms with Gasteiger partial charge in [-0.3, -0.25) is 0 Å². The molecule has 0 spiro atoms. The summed E-state index contributed by atoms with van der Waals surface area (Å²) in [7, 11) is 0. The molecule has 1 unspecified atom stereocenters. The largest absolute Gasteiger partial charge is 0.194 e. The maximum atomic E-state index is 2.51. The van der Waals surface area contributed by atoms with Crippen LogP contribution in [-0.4, -0.2) is 0 Å². The molecule has 3 aliphatic rings. The van der Waals surface area contributed by atoms with Gasteiger partial charge in [0.2, 0.25) is 0 Å². The van der Waals surface area contributed by atoms with Crippen molar-refractivity contribution in [2.24, 2.45) is 0 Å². The monoisotopic (exact) mass is 386 g/mol. The average molecular weight is 387 g/mol. The molecule has 1 aliphatic heterocycles. The molecule has 1 aromatic heterocycles. The molecule has 0 fully saturated rings. The van der Waals surface area contributed by atoms with Crippen molar-refractivity contribution in [3.05, 3.63) is 112 Å². The number of rotatable bonds is 0. The van der Waals surface area contributed by atoms with E-state index in [0.29, 0.717) is 5.92 Å². The van der Waals surface area contributed by atoms with Gasteiger partial charge in [0.15, 0.2) is 17.4 Å². The maximum absolute atomic E-state index is 2.51. The van der Waals surface area contributed by atoms with E-state index in [1.165, 1.54) is 55.8 Å². The predicted molar refractivity (Wildman–Crippen MR) is 121 cm³/mol. The number of aryl methyl sites for hydroxylation is 1. The second-order valence-corrected chi connectivity index (χ2v) is 9.60. The van der Waals surface area contributed by atoms with E-state index in [9.17, 15) is 0 Å². The molecule has 0 saturated carbocycles. The third-order valence-corrected chi connectivity index (χ3v) is 7.74. The Labute approximate surface area is 177 Å². The smallest absolute Gasteiger partial charge is 0.192 e. The first kappa shape index (κ1) is 16.6. The van der Waals surface area contributed by atoms with Crippen LogP contribution in [-0.2, 0) is 12.0 Å². The standard InChI is InChI=1S/C29H24N/c1-17-11-12-22-25-21(14-13-20-19-9-5-4-8-18(19)16-23(20)25)26-24-10-6-7-15-30(24)29(2,3)28(17)27(22)26/h4-15,26H,16H2,1-3H3/q+1. The van der Waals surface area contributed by atoms with Crippen molar-refractivity contribution >= 4 is 0 Å². The van der Waals surface area contributed by atoms with Crippen molar-refractivity contribution in [2.75, 3.05) is 0 Å². The Hall–Kier alpha value is -3.19. The van der Waals surface area contributed by atoms with Gasteiger partial charge in [0, 0.05) is 31.5 Å². The Morgan fingerprint density at radius 2 is 1.63 bits per heavy atom. The van der Waals surface area contributed by atoms with Crippen LogP contribution in [0.5, 0.6) is 0 Å². The van der Waals surface area contributed by atoms with E-state index >= 15 is 0 Å². The molecule has 0 N–H and O–H groups in total. The van der Waals surface area contributed by atoms with Gasteiger partial charge < -0.3 is 0 Å². The zero-order valence-corrected chi connectivity index (χ0v) is 17.7. The Morgan fingerprint density at radius 1 is 0.833 bits per heavy atom. The van der Waals surface area contributed by atoms with Crippen molar-refractivity contribution in [2.45, 2.75) is 38.6 Å². The fourth-order valence-electron chi connectivity index (χ4n) is 6.63. The number of benzene rings is 3. The number of nitrogens with zero attached hydrogens (tertiary/aromatic N) is 1. The zero-order valence-electron chi connectivity index (χ0n) is 17.7. The van der Waals surface area contributed by atoms with Crippen molar-refractivity contribution in [3.63, 3.8) is 0 Å². The molecule has 2 heterocycles. The van der Waals surface area contributed by atoms with E-state index in [0.717, 1.165) is 6.42 Å². The molecular formula is C29H24N+. The minimum Gasteiger partial charge on any atom is -0.192 e. The zero-order chi connectivity index (χ0) is 20.2. The third-order valence-electron chi connectivity index (χ3n) is 7.74. The van der Waals surface area contributed by atoms with Crippen molar-refractivity contribution in [1.82, 2.24) is 0 Å². The number of pyridine rings is 1. The van der Waals surface area contributed by atoms with Crippen LogP contribution in [0.2, 0.25) is 0 Å². The highest BCUT2D eigenvalue weighted by Gasteiger charge is 2.50. The van der Waals surface area contributed by atoms with Gasteiger partial charge in [-0.25, -0.2) is 0 Å². The molecule has 7 rings (SSSR count). The number of hydrogen-bond donors (Lipinski definition) is 0. The minimum atomic E-state index is -0.0588. The minimum absolute atomic E-state index is 0.0588. The molecule has 0 saturated heterocycles. The SMILES string of the molecule is Cc1ccc2c3c1C(C)(C)[n+]1ccccc1C3c1ccc3c(c1-2)Cc1ccccc1-3. The van der Waals surface area contributed by atoms with Crippen LogP contribution in [0.25, 0.3) is 22.3 Å². The summed E-state index contributed by atoms with van der Waals surface area (Å²) in [5, 5.41) is 0. The van der Waals surface area contributed by atoms with E-state index in [-0.39, 0.29) is 5.54 Å². The molecule has 2 aliphatic carbocycles. The van der Waals surface area contributed by atoms with Gasteiger partial charge >= 0.3 is 0 Å². The highest BCUT2D eigenvalue weighted by atomic mass is 15.1. The van der Waals surface area contributed by atoms with Crippen LogP contribution < -0.4 is 4.57 Å². The highest BCUT2D eigenvalue weighted by Crippen LogP contribution is 2.57. The van der Waals surface area contributed by atoms with Crippen LogP contribution in [0, 0.1) is 6.92 Å². The first-order chi connectivity index (χ1) is 14.6. The van der Waals surface area contributed by atoms with Crippen molar-refractivity contribution in [1.29, 1.82) is 0 Å². The molecule has 0 amide bonds. The normalized spacial score (nSPS) is 18.3. The topological polar surface area (TPSA) is 3.88 Å². The molecule has 3 aromatic carbocycles. The third kappa shape index (κ3) is 1.78. The molecule has 144 valence electrons. The van der Waals surface area contributed by atoms with E-state index in [1.807, 2.05) is 0 Å². The molecule has 0 bridgehead atoms. The van der Waals surface area contributed by atoms with E-state index in [2.05, 4.69) is 98.3 Å². The summed E-state index contributed by atoms with van der Waals surface area (Å²) in [6, 6.07) is 25.2. The lowest BCUT2D eigenvalue weighted by Gasteiger charge is -2.33. The van der Waals surface area contributed by atoms with Crippen LogP contribution in [0.3, 0.4) is 0 Å². The first-order valence-corrected chi connectivity index (χ1v) is 11.0. The lowest BCUT2D eigenvalue weighted by Crippen LogP contribution is -2.59. The molecule has 30 heavy (non-hydrogen) atoms. The van der Waals surface area contributed by atoms with Crippen LogP contribution in [0.4, 0.5) is 0 Å². The molecule has 1 nitrogen and oxygen atoms in total. The van der Waals surface area contributed by atoms with Gasteiger partial charge in [-0.05, 0) is 63.4 Å². The van der Waals surface area contributed by atoms with Gasteiger partial charge in [-0.1, -0.05) is 54.6 Å². The van der Waals surface area contributed by atoms with E-state index < -0.39 is 0 Å². The van der Waals surface area contributed by atoms with Gasteiger partial charge in [-0.2, -0.15) is 4.57 Å². The number of hydrogen-bond acceptors (Lipinski definition) is 0. The fraction of sp³-hybridized carbons (Fsp3) is 0.207. The molecule has 1 heteroatoms. The summed E-state index contributed by atoms with van der Waals surface area (Å²) in [6.45, 7) is 7.03. The number of fused-ring (bicyclic) bond motifs is 9. The summed E-state index contributed by atoms with van der Waals surface area (Å²) < 4.78 is 2.51. The van der Waals surface area contributed by atoms with E-state index in [4.69, 9.17) is 0 Å². The predicted octanol–water partition coefficient (Wildman–Crippen LogP) is 6.11. The van der Waals surface area contributed by atoms with Gasteiger partial charge in [0.1, 0.15) is 0 Å². The molecule has 4 aromatic rings. The summed E-state index contributed by atoms with van der Waals surface area (Å²) in [5.74, 6) is 0.327. The van der Waals surface area contributed by atoms with E-state index in [1.54, 1.807) is 5.56 Å². The van der Waals surface area contributed by atoms with Crippen molar-refractivity contribution in [3.8, 4) is 22.3 Å². The summed E-state index contributed by atoms with van der Waals surface area (Å²) in [5.41, 5.74) is 16.1. The highest BCUT2D eigenvalue weighted by molar-refractivity contribution is 5.92. The Kier molecular flexibility index (Phi) is 2.92. The Balaban J connectivity index is 1.61. The first-order valence-electron chi connectivity index (χ1n) is 11.0. The van der Waals surface area contributed by atoms with Gasteiger partial charge in [0.25, 0.3) is 0 Å². The van der Waals surface area contributed by atoms with Crippen molar-refractivity contribution < 1.29 is 4.57 Å². The summed E-state index contributed by atoms with van der Waals surface area (Å²) in [4.78, 5) is 0. The van der Waals surface area contributed by atoms with Gasteiger partial charge in [-0.15, -0.1) is 0 Å². The lowest BCUT2D eigenvalue weighted by atomic mass is 9.76. The van der Waals surface area contributed by atoms with Crippen LogP contribution in [0.1, 0.15) is 58.8 Å². The quantitative estimate of drug-likeness (QED) is 0.277. The molecule has 0 radical (unpaired) electrons.